The minimum Gasteiger partial charge on any atom is -0.241 e. The van der Waals surface area contributed by atoms with Gasteiger partial charge in [-0.3, -0.25) is 0 Å². The minimum atomic E-state index is 0.553. The normalized spacial score (nSPS) is 20.9. The van der Waals surface area contributed by atoms with Gasteiger partial charge in [0, 0.05) is 46.7 Å². The highest BCUT2D eigenvalue weighted by molar-refractivity contribution is 9.10. The topological polar surface area (TPSA) is 77.3 Å². The van der Waals surface area contributed by atoms with Gasteiger partial charge in [0.05, 0.1) is 15.9 Å². The van der Waals surface area contributed by atoms with Gasteiger partial charge in [-0.1, -0.05) is 11.6 Å². The Labute approximate surface area is 219 Å². The number of nitrogens with zero attached hydrogens (tertiary/aromatic N) is 6. The van der Waals surface area contributed by atoms with Crippen LogP contribution >= 0.6 is 27.5 Å². The van der Waals surface area contributed by atoms with Crippen molar-refractivity contribution < 1.29 is 0 Å². The van der Waals surface area contributed by atoms with E-state index in [0.717, 1.165) is 29.4 Å². The molecule has 35 heavy (non-hydrogen) atoms. The Bertz CT molecular complexity index is 1130. The molecule has 5 aliphatic carbocycles. The summed E-state index contributed by atoms with van der Waals surface area (Å²) in [6, 6.07) is 4.06. The van der Waals surface area contributed by atoms with Crippen LogP contribution in [0, 0.1) is 0 Å². The number of rotatable bonds is 5. The lowest BCUT2D eigenvalue weighted by atomic mass is 10.2. The Morgan fingerprint density at radius 1 is 0.514 bits per heavy atom. The van der Waals surface area contributed by atoms with Gasteiger partial charge < -0.3 is 0 Å². The lowest BCUT2D eigenvalue weighted by Crippen LogP contribution is -1.96. The molecule has 0 radical (unpaired) electrons. The molecule has 6 nitrogen and oxygen atoms in total. The third-order valence-electron chi connectivity index (χ3n) is 7.12. The first-order valence-corrected chi connectivity index (χ1v) is 14.1. The number of aromatic nitrogens is 6. The van der Waals surface area contributed by atoms with E-state index in [-0.39, 0.29) is 0 Å². The second kappa shape index (κ2) is 10.2. The first-order valence-electron chi connectivity index (χ1n) is 12.9. The zero-order valence-electron chi connectivity index (χ0n) is 19.8. The van der Waals surface area contributed by atoms with E-state index in [9.17, 15) is 0 Å². The molecule has 0 atom stereocenters. The molecule has 0 spiro atoms. The fourth-order valence-electron chi connectivity index (χ4n) is 4.22. The van der Waals surface area contributed by atoms with Crippen LogP contribution in [0.5, 0.6) is 0 Å². The van der Waals surface area contributed by atoms with Crippen LogP contribution in [-0.4, -0.2) is 29.9 Å². The van der Waals surface area contributed by atoms with E-state index < -0.39 is 0 Å². The van der Waals surface area contributed by atoms with E-state index in [4.69, 9.17) is 11.6 Å². The highest BCUT2D eigenvalue weighted by Crippen LogP contribution is 2.47. The van der Waals surface area contributed by atoms with Gasteiger partial charge in [0.15, 0.2) is 0 Å². The molecule has 0 aliphatic heterocycles. The Morgan fingerprint density at radius 2 is 0.886 bits per heavy atom. The summed E-state index contributed by atoms with van der Waals surface area (Å²) >= 11 is 9.30. The van der Waals surface area contributed by atoms with Crippen molar-refractivity contribution in [1.82, 2.24) is 29.9 Å². The maximum Gasteiger partial charge on any atom is 0.132 e. The zero-order valence-corrected chi connectivity index (χ0v) is 22.1. The fraction of sp³-hybridized carbons (Fsp3) is 0.556. The largest absolute Gasteiger partial charge is 0.241 e. The van der Waals surface area contributed by atoms with E-state index >= 15 is 0 Å². The smallest absolute Gasteiger partial charge is 0.132 e. The van der Waals surface area contributed by atoms with Gasteiger partial charge in [0.25, 0.3) is 0 Å². The molecule has 5 fully saturated rings. The Balaban J connectivity index is 0.0000000989. The van der Waals surface area contributed by atoms with Crippen LogP contribution < -0.4 is 0 Å². The minimum absolute atomic E-state index is 0.553. The standard InChI is InChI=1S/C10H11BrN2.C10H12N2.C7H7ClN2/c11-8-9(6-1-2-6)12-5-13-10(8)7-3-4-7;1-2-7(1)9-5-10(8-3-4-8)12-6-11-9;8-7-3-6(5-1-2-5)9-4-10-7/h5-7H,1-4H2;5-8H,1-4H2;3-5H,1-2H2. The van der Waals surface area contributed by atoms with E-state index in [2.05, 4.69) is 51.9 Å². The van der Waals surface area contributed by atoms with Crippen molar-refractivity contribution in [2.24, 2.45) is 0 Å². The Kier molecular flexibility index (Phi) is 6.80. The summed E-state index contributed by atoms with van der Waals surface area (Å²) in [6.07, 6.45) is 18.1. The van der Waals surface area contributed by atoms with Crippen molar-refractivity contribution in [1.29, 1.82) is 0 Å². The summed E-state index contributed by atoms with van der Waals surface area (Å²) < 4.78 is 1.19. The molecule has 3 heterocycles. The number of hydrogen-bond donors (Lipinski definition) is 0. The SMILES string of the molecule is Brc1c(C2CC2)ncnc1C1CC1.Clc1cc(C2CC2)ncn1.c1nc(C2CC2)cc(C2CC2)n1. The van der Waals surface area contributed by atoms with Crippen LogP contribution in [0.4, 0.5) is 0 Å². The van der Waals surface area contributed by atoms with Crippen LogP contribution in [0.25, 0.3) is 0 Å². The van der Waals surface area contributed by atoms with Crippen molar-refractivity contribution in [2.45, 2.75) is 93.8 Å². The highest BCUT2D eigenvalue weighted by atomic mass is 79.9. The summed E-state index contributed by atoms with van der Waals surface area (Å²) in [5.41, 5.74) is 6.16. The molecule has 5 saturated carbocycles. The van der Waals surface area contributed by atoms with Crippen molar-refractivity contribution in [2.75, 3.05) is 0 Å². The molecule has 3 aromatic rings. The average Bonchev–Trinajstić information content (AvgIpc) is 3.73. The third kappa shape index (κ3) is 6.42. The summed E-state index contributed by atoms with van der Waals surface area (Å²) in [4.78, 5) is 25.2. The Morgan fingerprint density at radius 3 is 1.29 bits per heavy atom. The molecular formula is C27H30BrClN6. The summed E-state index contributed by atoms with van der Waals surface area (Å²) in [5.74, 6) is 3.64. The van der Waals surface area contributed by atoms with Crippen molar-refractivity contribution in [3.63, 3.8) is 0 Å². The van der Waals surface area contributed by atoms with Crippen LogP contribution in [0.1, 0.15) is 122 Å². The van der Waals surface area contributed by atoms with Crippen LogP contribution in [-0.2, 0) is 0 Å². The van der Waals surface area contributed by atoms with Gasteiger partial charge in [-0.25, -0.2) is 29.9 Å². The van der Waals surface area contributed by atoms with E-state index in [1.54, 1.807) is 12.7 Å². The Hall–Kier alpha value is -1.99. The lowest BCUT2D eigenvalue weighted by Gasteiger charge is -2.05. The van der Waals surface area contributed by atoms with Crippen molar-refractivity contribution in [3.05, 3.63) is 69.2 Å². The molecule has 3 aromatic heterocycles. The van der Waals surface area contributed by atoms with Crippen LogP contribution in [0.2, 0.25) is 5.15 Å². The molecule has 5 aliphatic rings. The first kappa shape index (κ1) is 23.4. The third-order valence-corrected chi connectivity index (χ3v) is 8.14. The van der Waals surface area contributed by atoms with Gasteiger partial charge in [-0.05, 0) is 92.3 Å². The van der Waals surface area contributed by atoms with Crippen molar-refractivity contribution in [3.8, 4) is 0 Å². The van der Waals surface area contributed by atoms with E-state index in [0.29, 0.717) is 11.1 Å². The van der Waals surface area contributed by atoms with Gasteiger partial charge in [-0.2, -0.15) is 0 Å². The van der Waals surface area contributed by atoms with Gasteiger partial charge in [-0.15, -0.1) is 0 Å². The summed E-state index contributed by atoms with van der Waals surface area (Å²) in [5, 5.41) is 0.553. The quantitative estimate of drug-likeness (QED) is 0.310. The maximum absolute atomic E-state index is 5.67. The monoisotopic (exact) mass is 552 g/mol. The molecule has 0 aromatic carbocycles. The fourth-order valence-corrected chi connectivity index (χ4v) is 5.23. The second-order valence-electron chi connectivity index (χ2n) is 10.5. The first-order chi connectivity index (χ1) is 17.2. The average molecular weight is 554 g/mol. The molecule has 0 N–H and O–H groups in total. The van der Waals surface area contributed by atoms with Gasteiger partial charge in [0.1, 0.15) is 24.1 Å². The second-order valence-corrected chi connectivity index (χ2v) is 11.6. The van der Waals surface area contributed by atoms with E-state index in [1.165, 1.54) is 97.8 Å². The maximum atomic E-state index is 5.67. The molecule has 8 rings (SSSR count). The van der Waals surface area contributed by atoms with E-state index in [1.807, 2.05) is 6.07 Å². The number of hydrogen-bond acceptors (Lipinski definition) is 6. The predicted octanol–water partition coefficient (Wildman–Crippen LogP) is 7.23. The predicted molar refractivity (Wildman–Crippen MR) is 139 cm³/mol. The number of halogens is 2. The van der Waals surface area contributed by atoms with Crippen LogP contribution in [0.15, 0.2) is 35.6 Å². The molecule has 0 bridgehead atoms. The molecule has 0 amide bonds. The van der Waals surface area contributed by atoms with Gasteiger partial charge >= 0.3 is 0 Å². The molecule has 0 saturated heterocycles. The summed E-state index contributed by atoms with van der Waals surface area (Å²) in [7, 11) is 0. The molecule has 182 valence electrons. The highest BCUT2D eigenvalue weighted by Gasteiger charge is 2.33. The summed E-state index contributed by atoms with van der Waals surface area (Å²) in [6.45, 7) is 0. The lowest BCUT2D eigenvalue weighted by molar-refractivity contribution is 0.905. The molecule has 8 heteroatoms. The van der Waals surface area contributed by atoms with Crippen molar-refractivity contribution >= 4 is 27.5 Å². The van der Waals surface area contributed by atoms with Crippen LogP contribution in [0.3, 0.4) is 0 Å². The van der Waals surface area contributed by atoms with Gasteiger partial charge in [0.2, 0.25) is 0 Å². The molecular weight excluding hydrogens is 524 g/mol. The molecule has 0 unspecified atom stereocenters. The zero-order chi connectivity index (χ0) is 23.8.